The maximum absolute atomic E-state index is 11.8. The van der Waals surface area contributed by atoms with Gasteiger partial charge in [0.2, 0.25) is 0 Å². The van der Waals surface area contributed by atoms with Crippen LogP contribution in [0.4, 0.5) is 13.2 Å². The minimum atomic E-state index is -4.07. The Morgan fingerprint density at radius 3 is 1.45 bits per heavy atom. The third-order valence-electron chi connectivity index (χ3n) is 3.53. The third kappa shape index (κ3) is 17.8. The second kappa shape index (κ2) is 13.7. The van der Waals surface area contributed by atoms with Gasteiger partial charge < -0.3 is 5.32 Å². The number of alkyl halides is 3. The molecule has 0 aliphatic carbocycles. The largest absolute Gasteiger partial charge is 0.401 e. The summed E-state index contributed by atoms with van der Waals surface area (Å²) in [6.07, 6.45) is 10.9. The Bertz CT molecular complexity index is 193. The van der Waals surface area contributed by atoms with E-state index >= 15 is 0 Å². The van der Waals surface area contributed by atoms with E-state index in [1.54, 1.807) is 0 Å². The van der Waals surface area contributed by atoms with Gasteiger partial charge in [0, 0.05) is 0 Å². The average molecular weight is 295 g/mol. The first-order valence-corrected chi connectivity index (χ1v) is 8.33. The van der Waals surface area contributed by atoms with Gasteiger partial charge >= 0.3 is 6.18 Å². The topological polar surface area (TPSA) is 12.0 Å². The SMILES string of the molecule is CCCCCCCCCCCCCCNCC(F)(F)F. The first-order valence-electron chi connectivity index (χ1n) is 8.33. The summed E-state index contributed by atoms with van der Waals surface area (Å²) in [7, 11) is 0. The summed E-state index contributed by atoms with van der Waals surface area (Å²) in [4.78, 5) is 0. The number of rotatable bonds is 14. The van der Waals surface area contributed by atoms with Crippen LogP contribution in [-0.4, -0.2) is 19.3 Å². The lowest BCUT2D eigenvalue weighted by Gasteiger charge is -2.07. The first-order chi connectivity index (χ1) is 9.56. The van der Waals surface area contributed by atoms with Gasteiger partial charge in [-0.25, -0.2) is 0 Å². The zero-order valence-corrected chi connectivity index (χ0v) is 13.0. The van der Waals surface area contributed by atoms with Crippen molar-refractivity contribution in [2.45, 2.75) is 90.1 Å². The van der Waals surface area contributed by atoms with Crippen molar-refractivity contribution >= 4 is 0 Å². The van der Waals surface area contributed by atoms with Crippen LogP contribution in [0.2, 0.25) is 0 Å². The summed E-state index contributed by atoms with van der Waals surface area (Å²) >= 11 is 0. The Morgan fingerprint density at radius 1 is 0.650 bits per heavy atom. The van der Waals surface area contributed by atoms with E-state index in [1.807, 2.05) is 0 Å². The molecular formula is C16H32F3N. The Morgan fingerprint density at radius 2 is 1.05 bits per heavy atom. The van der Waals surface area contributed by atoms with E-state index in [4.69, 9.17) is 0 Å². The van der Waals surface area contributed by atoms with Gasteiger partial charge in [-0.3, -0.25) is 0 Å². The molecule has 0 aromatic carbocycles. The molecule has 1 nitrogen and oxygen atoms in total. The summed E-state index contributed by atoms with van der Waals surface area (Å²) in [6.45, 7) is 1.86. The van der Waals surface area contributed by atoms with Crippen LogP contribution in [0, 0.1) is 0 Å². The standard InChI is InChI=1S/C16H32F3N/c1-2-3-4-5-6-7-8-9-10-11-12-13-14-20-15-16(17,18)19/h20H,2-15H2,1H3. The molecule has 0 spiro atoms. The molecule has 0 bridgehead atoms. The van der Waals surface area contributed by atoms with Gasteiger partial charge in [-0.05, 0) is 13.0 Å². The molecule has 0 aromatic rings. The van der Waals surface area contributed by atoms with Crippen molar-refractivity contribution in [1.29, 1.82) is 0 Å². The Labute approximate surface area is 122 Å². The predicted octanol–water partition coefficient (Wildman–Crippen LogP) is 5.84. The van der Waals surface area contributed by atoms with E-state index in [1.165, 1.54) is 57.8 Å². The van der Waals surface area contributed by atoms with Crippen LogP contribution in [0.15, 0.2) is 0 Å². The summed E-state index contributed by atoms with van der Waals surface area (Å²) in [5, 5.41) is 2.44. The highest BCUT2D eigenvalue weighted by Crippen LogP contribution is 2.13. The molecule has 0 aliphatic rings. The van der Waals surface area contributed by atoms with Crippen LogP contribution >= 0.6 is 0 Å². The number of halogens is 3. The Kier molecular flexibility index (Phi) is 13.5. The van der Waals surface area contributed by atoms with Gasteiger partial charge in [-0.15, -0.1) is 0 Å². The summed E-state index contributed by atoms with van der Waals surface area (Å²) < 4.78 is 35.5. The van der Waals surface area contributed by atoms with Crippen LogP contribution in [0.25, 0.3) is 0 Å². The molecule has 0 radical (unpaired) electrons. The molecule has 122 valence electrons. The molecule has 0 heterocycles. The van der Waals surface area contributed by atoms with Crippen molar-refractivity contribution in [2.24, 2.45) is 0 Å². The van der Waals surface area contributed by atoms with E-state index in [-0.39, 0.29) is 0 Å². The fraction of sp³-hybridized carbons (Fsp3) is 1.00. The second-order valence-corrected chi connectivity index (χ2v) is 5.68. The van der Waals surface area contributed by atoms with E-state index in [0.717, 1.165) is 19.3 Å². The van der Waals surface area contributed by atoms with Crippen molar-refractivity contribution in [2.75, 3.05) is 13.1 Å². The molecule has 4 heteroatoms. The minimum Gasteiger partial charge on any atom is -0.309 e. The van der Waals surface area contributed by atoms with Crippen LogP contribution in [0.5, 0.6) is 0 Å². The number of hydrogen-bond donors (Lipinski definition) is 1. The molecule has 0 saturated carbocycles. The van der Waals surface area contributed by atoms with E-state index in [0.29, 0.717) is 6.54 Å². The highest BCUT2D eigenvalue weighted by Gasteiger charge is 2.25. The molecule has 1 N–H and O–H groups in total. The maximum atomic E-state index is 11.8. The highest BCUT2D eigenvalue weighted by molar-refractivity contribution is 4.56. The maximum Gasteiger partial charge on any atom is 0.401 e. The van der Waals surface area contributed by atoms with Gasteiger partial charge in [0.25, 0.3) is 0 Å². The molecule has 20 heavy (non-hydrogen) atoms. The van der Waals surface area contributed by atoms with Gasteiger partial charge in [0.1, 0.15) is 0 Å². The molecule has 0 aromatic heterocycles. The number of nitrogens with one attached hydrogen (secondary N) is 1. The Hall–Kier alpha value is -0.250. The van der Waals surface area contributed by atoms with Crippen LogP contribution in [0.3, 0.4) is 0 Å². The van der Waals surface area contributed by atoms with Crippen LogP contribution in [0.1, 0.15) is 84.0 Å². The molecule has 0 rings (SSSR count). The quantitative estimate of drug-likeness (QED) is 0.397. The molecular weight excluding hydrogens is 263 g/mol. The monoisotopic (exact) mass is 295 g/mol. The lowest BCUT2D eigenvalue weighted by atomic mass is 10.1. The predicted molar refractivity (Wildman–Crippen MR) is 80.0 cm³/mol. The zero-order chi connectivity index (χ0) is 15.1. The van der Waals surface area contributed by atoms with Gasteiger partial charge in [0.15, 0.2) is 0 Å². The highest BCUT2D eigenvalue weighted by atomic mass is 19.4. The van der Waals surface area contributed by atoms with E-state index < -0.39 is 12.7 Å². The fourth-order valence-corrected chi connectivity index (χ4v) is 2.32. The molecule has 0 atom stereocenters. The van der Waals surface area contributed by atoms with Crippen molar-refractivity contribution in [3.8, 4) is 0 Å². The van der Waals surface area contributed by atoms with Crippen LogP contribution in [-0.2, 0) is 0 Å². The summed E-state index contributed by atoms with van der Waals surface area (Å²) in [6, 6.07) is 0. The van der Waals surface area contributed by atoms with E-state index in [9.17, 15) is 13.2 Å². The average Bonchev–Trinajstić information content (AvgIpc) is 2.38. The Balaban J connectivity index is 2.99. The van der Waals surface area contributed by atoms with Gasteiger partial charge in [-0.2, -0.15) is 13.2 Å². The molecule has 0 fully saturated rings. The van der Waals surface area contributed by atoms with Crippen molar-refractivity contribution in [1.82, 2.24) is 5.32 Å². The number of unbranched alkanes of at least 4 members (excludes halogenated alkanes) is 11. The fourth-order valence-electron chi connectivity index (χ4n) is 2.32. The summed E-state index contributed by atoms with van der Waals surface area (Å²) in [5.74, 6) is 0. The van der Waals surface area contributed by atoms with E-state index in [2.05, 4.69) is 12.2 Å². The van der Waals surface area contributed by atoms with Crippen molar-refractivity contribution in [3.63, 3.8) is 0 Å². The number of hydrogen-bond acceptors (Lipinski definition) is 1. The smallest absolute Gasteiger partial charge is 0.309 e. The molecule has 0 aliphatic heterocycles. The van der Waals surface area contributed by atoms with Crippen molar-refractivity contribution < 1.29 is 13.2 Å². The van der Waals surface area contributed by atoms with Crippen LogP contribution < -0.4 is 5.32 Å². The second-order valence-electron chi connectivity index (χ2n) is 5.68. The molecule has 0 unspecified atom stereocenters. The third-order valence-corrected chi connectivity index (χ3v) is 3.53. The first kappa shape index (κ1) is 19.8. The lowest BCUT2D eigenvalue weighted by Crippen LogP contribution is -2.29. The summed E-state index contributed by atoms with van der Waals surface area (Å²) in [5.41, 5.74) is 0. The molecule has 0 amide bonds. The van der Waals surface area contributed by atoms with Gasteiger partial charge in [-0.1, -0.05) is 77.6 Å². The molecule has 0 saturated heterocycles. The lowest BCUT2D eigenvalue weighted by molar-refractivity contribution is -0.124. The zero-order valence-electron chi connectivity index (χ0n) is 13.0. The van der Waals surface area contributed by atoms with Gasteiger partial charge in [0.05, 0.1) is 6.54 Å². The minimum absolute atomic E-state index is 0.483. The van der Waals surface area contributed by atoms with Crippen molar-refractivity contribution in [3.05, 3.63) is 0 Å². The normalized spacial score (nSPS) is 12.0.